The zero-order valence-electron chi connectivity index (χ0n) is 9.19. The molecule has 0 radical (unpaired) electrons. The lowest BCUT2D eigenvalue weighted by atomic mass is 10.2. The van der Waals surface area contributed by atoms with E-state index in [2.05, 4.69) is 22.6 Å². The molecule has 0 bridgehead atoms. The summed E-state index contributed by atoms with van der Waals surface area (Å²) in [4.78, 5) is 30.4. The molecule has 0 rings (SSSR count). The van der Waals surface area contributed by atoms with E-state index in [0.717, 1.165) is 6.08 Å². The normalized spacial score (nSPS) is 7.88. The maximum atomic E-state index is 10.6. The van der Waals surface area contributed by atoms with Crippen molar-refractivity contribution in [1.29, 1.82) is 0 Å². The summed E-state index contributed by atoms with van der Waals surface area (Å²) in [5, 5.41) is 7.60. The van der Waals surface area contributed by atoms with E-state index in [0.29, 0.717) is 0 Å². The number of carboxylic acid groups (broad SMARTS) is 1. The van der Waals surface area contributed by atoms with Gasteiger partial charge in [0.15, 0.2) is 0 Å². The number of carbonyl (C=O) groups is 3. The summed E-state index contributed by atoms with van der Waals surface area (Å²) in [6.45, 7) is 6.30. The maximum absolute atomic E-state index is 10.6. The highest BCUT2D eigenvalue weighted by molar-refractivity contribution is 5.93. The minimum Gasteiger partial charge on any atom is -0.478 e. The van der Waals surface area contributed by atoms with Gasteiger partial charge in [0.25, 0.3) is 0 Å². The molecule has 0 aromatic heterocycles. The lowest BCUT2D eigenvalue weighted by molar-refractivity contribution is -0.143. The van der Waals surface area contributed by atoms with Gasteiger partial charge < -0.3 is 14.6 Å². The second kappa shape index (κ2) is 9.45. The molecule has 16 heavy (non-hydrogen) atoms. The van der Waals surface area contributed by atoms with Crippen LogP contribution in [0, 0.1) is 0 Å². The maximum Gasteiger partial charge on any atom is 0.333 e. The Hall–Kier alpha value is -2.11. The summed E-state index contributed by atoms with van der Waals surface area (Å²) >= 11 is 0. The molecule has 0 aliphatic carbocycles. The van der Waals surface area contributed by atoms with Crippen LogP contribution in [-0.2, 0) is 23.9 Å². The van der Waals surface area contributed by atoms with Crippen molar-refractivity contribution in [2.24, 2.45) is 0 Å². The van der Waals surface area contributed by atoms with Gasteiger partial charge in [-0.05, 0) is 0 Å². The smallest absolute Gasteiger partial charge is 0.333 e. The monoisotopic (exact) mass is 230 g/mol. The van der Waals surface area contributed by atoms with E-state index >= 15 is 0 Å². The Bertz CT molecular complexity index is 292. The Morgan fingerprint density at radius 1 is 1.25 bits per heavy atom. The minimum atomic E-state index is -0.981. The molecule has 0 heterocycles. The van der Waals surface area contributed by atoms with E-state index in [-0.39, 0.29) is 12.0 Å². The van der Waals surface area contributed by atoms with Crippen LogP contribution < -0.4 is 0 Å². The third-order valence-electron chi connectivity index (χ3n) is 1.23. The molecule has 0 saturated heterocycles. The fourth-order valence-electron chi connectivity index (χ4n) is 0.463. The zero-order valence-corrected chi connectivity index (χ0v) is 9.19. The van der Waals surface area contributed by atoms with Crippen LogP contribution in [0.3, 0.4) is 0 Å². The molecule has 1 N–H and O–H groups in total. The molecular formula is C10H14O6. The van der Waals surface area contributed by atoms with Crippen LogP contribution in [0.2, 0.25) is 0 Å². The summed E-state index contributed by atoms with van der Waals surface area (Å²) in [6, 6.07) is 0. The third-order valence-corrected chi connectivity index (χ3v) is 1.23. The van der Waals surface area contributed by atoms with Crippen molar-refractivity contribution in [2.45, 2.75) is 6.42 Å². The molecule has 0 atom stereocenters. The van der Waals surface area contributed by atoms with Crippen LogP contribution in [-0.4, -0.2) is 37.2 Å². The number of carboxylic acids is 1. The van der Waals surface area contributed by atoms with Crippen LogP contribution in [0.1, 0.15) is 6.42 Å². The van der Waals surface area contributed by atoms with Gasteiger partial charge in [-0.3, -0.25) is 4.79 Å². The predicted molar refractivity (Wildman–Crippen MR) is 55.6 cm³/mol. The average Bonchev–Trinajstić information content (AvgIpc) is 2.28. The molecule has 0 amide bonds. The number of hydrogen-bond donors (Lipinski definition) is 1. The largest absolute Gasteiger partial charge is 0.478 e. The Balaban J connectivity index is 0. The highest BCUT2D eigenvalue weighted by atomic mass is 16.5. The quantitative estimate of drug-likeness (QED) is 0.559. The summed E-state index contributed by atoms with van der Waals surface area (Å²) in [5.41, 5.74) is 0.0966. The van der Waals surface area contributed by atoms with Crippen molar-refractivity contribution in [3.05, 3.63) is 24.8 Å². The first kappa shape index (κ1) is 16.3. The van der Waals surface area contributed by atoms with Crippen molar-refractivity contribution in [2.75, 3.05) is 14.2 Å². The SMILES string of the molecule is C=C(CC(=O)OC)C(=O)OC.C=CC(=O)O. The number of rotatable bonds is 4. The second-order valence-corrected chi connectivity index (χ2v) is 2.39. The van der Waals surface area contributed by atoms with Gasteiger partial charge in [-0.25, -0.2) is 9.59 Å². The van der Waals surface area contributed by atoms with Crippen molar-refractivity contribution in [3.8, 4) is 0 Å². The van der Waals surface area contributed by atoms with E-state index in [4.69, 9.17) is 5.11 Å². The Kier molecular flexibility index (Phi) is 9.64. The third kappa shape index (κ3) is 9.97. The molecule has 0 spiro atoms. The number of aliphatic carboxylic acids is 1. The molecule has 0 aromatic carbocycles. The van der Waals surface area contributed by atoms with E-state index in [1.165, 1.54) is 14.2 Å². The lowest BCUT2D eigenvalue weighted by Crippen LogP contribution is -2.09. The van der Waals surface area contributed by atoms with E-state index < -0.39 is 17.9 Å². The van der Waals surface area contributed by atoms with Gasteiger partial charge in [-0.15, -0.1) is 0 Å². The van der Waals surface area contributed by atoms with Crippen molar-refractivity contribution >= 4 is 17.9 Å². The molecule has 0 unspecified atom stereocenters. The van der Waals surface area contributed by atoms with E-state index in [1.54, 1.807) is 0 Å². The highest BCUT2D eigenvalue weighted by Gasteiger charge is 2.11. The standard InChI is InChI=1S/C7H10O4.C3H4O2/c1-5(7(9)11-3)4-6(8)10-2;1-2-3(4)5/h1,4H2,2-3H3;2H,1H2,(H,4,5). The van der Waals surface area contributed by atoms with Gasteiger partial charge in [0, 0.05) is 11.6 Å². The van der Waals surface area contributed by atoms with Gasteiger partial charge in [-0.1, -0.05) is 13.2 Å². The number of hydrogen-bond acceptors (Lipinski definition) is 5. The predicted octanol–water partition coefficient (Wildman–Crippen LogP) is 0.536. The van der Waals surface area contributed by atoms with Gasteiger partial charge in [0.2, 0.25) is 0 Å². The fourth-order valence-corrected chi connectivity index (χ4v) is 0.463. The summed E-state index contributed by atoms with van der Waals surface area (Å²) in [5.74, 6) is -2.07. The first-order valence-electron chi connectivity index (χ1n) is 4.07. The van der Waals surface area contributed by atoms with Gasteiger partial charge in [0.05, 0.1) is 20.6 Å². The second-order valence-electron chi connectivity index (χ2n) is 2.39. The Morgan fingerprint density at radius 2 is 1.69 bits per heavy atom. The number of esters is 2. The molecule has 90 valence electrons. The molecule has 0 aromatic rings. The van der Waals surface area contributed by atoms with E-state index in [9.17, 15) is 14.4 Å². The average molecular weight is 230 g/mol. The van der Waals surface area contributed by atoms with Crippen LogP contribution in [0.5, 0.6) is 0 Å². The first-order valence-corrected chi connectivity index (χ1v) is 4.07. The number of carbonyl (C=O) groups excluding carboxylic acids is 2. The fraction of sp³-hybridized carbons (Fsp3) is 0.300. The molecule has 6 nitrogen and oxygen atoms in total. The van der Waals surface area contributed by atoms with Crippen LogP contribution in [0.4, 0.5) is 0 Å². The Labute approximate surface area is 93.2 Å². The summed E-state index contributed by atoms with van der Waals surface area (Å²) < 4.78 is 8.62. The molecular weight excluding hydrogens is 216 g/mol. The van der Waals surface area contributed by atoms with Gasteiger partial charge in [0.1, 0.15) is 0 Å². The van der Waals surface area contributed by atoms with Crippen molar-refractivity contribution in [1.82, 2.24) is 0 Å². The molecule has 0 saturated carbocycles. The minimum absolute atomic E-state index is 0.0966. The molecule has 6 heteroatoms. The highest BCUT2D eigenvalue weighted by Crippen LogP contribution is 2.00. The summed E-state index contributed by atoms with van der Waals surface area (Å²) in [6.07, 6.45) is 0.711. The molecule has 0 fully saturated rings. The summed E-state index contributed by atoms with van der Waals surface area (Å²) in [7, 11) is 2.47. The first-order chi connectivity index (χ1) is 7.38. The topological polar surface area (TPSA) is 89.9 Å². The molecule has 0 aliphatic heterocycles. The number of methoxy groups -OCH3 is 2. The van der Waals surface area contributed by atoms with Gasteiger partial charge >= 0.3 is 17.9 Å². The van der Waals surface area contributed by atoms with Crippen molar-refractivity contribution in [3.63, 3.8) is 0 Å². The molecule has 0 aliphatic rings. The van der Waals surface area contributed by atoms with Crippen molar-refractivity contribution < 1.29 is 29.0 Å². The number of ether oxygens (including phenoxy) is 2. The van der Waals surface area contributed by atoms with Crippen LogP contribution >= 0.6 is 0 Å². The van der Waals surface area contributed by atoms with Crippen LogP contribution in [0.15, 0.2) is 24.8 Å². The lowest BCUT2D eigenvalue weighted by Gasteiger charge is -2.00. The zero-order chi connectivity index (χ0) is 13.1. The Morgan fingerprint density at radius 3 is 1.94 bits per heavy atom. The van der Waals surface area contributed by atoms with E-state index in [1.807, 2.05) is 0 Å². The van der Waals surface area contributed by atoms with Crippen LogP contribution in [0.25, 0.3) is 0 Å². The van der Waals surface area contributed by atoms with Gasteiger partial charge in [-0.2, -0.15) is 0 Å².